The van der Waals surface area contributed by atoms with Gasteiger partial charge in [-0.15, -0.1) is 0 Å². The molecule has 0 bridgehead atoms. The Morgan fingerprint density at radius 3 is 2.33 bits per heavy atom. The predicted molar refractivity (Wildman–Crippen MR) is 87.6 cm³/mol. The highest BCUT2D eigenvalue weighted by molar-refractivity contribution is 5.32. The van der Waals surface area contributed by atoms with Crippen molar-refractivity contribution in [1.29, 1.82) is 0 Å². The van der Waals surface area contributed by atoms with Gasteiger partial charge in [0.15, 0.2) is 0 Å². The van der Waals surface area contributed by atoms with Gasteiger partial charge in [-0.3, -0.25) is 0 Å². The second kappa shape index (κ2) is 6.03. The van der Waals surface area contributed by atoms with Crippen molar-refractivity contribution in [2.24, 2.45) is 0 Å². The predicted octanol–water partition coefficient (Wildman–Crippen LogP) is 4.96. The van der Waals surface area contributed by atoms with E-state index in [1.807, 2.05) is 6.07 Å². The van der Waals surface area contributed by atoms with Crippen LogP contribution in [0.15, 0.2) is 48.5 Å². The van der Waals surface area contributed by atoms with Crippen molar-refractivity contribution in [3.8, 4) is 0 Å². The quantitative estimate of drug-likeness (QED) is 0.820. The molecule has 1 N–H and O–H groups in total. The van der Waals surface area contributed by atoms with Crippen LogP contribution in [0.4, 0.5) is 0 Å². The van der Waals surface area contributed by atoms with Gasteiger partial charge >= 0.3 is 0 Å². The van der Waals surface area contributed by atoms with Crippen LogP contribution in [0.3, 0.4) is 0 Å². The van der Waals surface area contributed by atoms with Gasteiger partial charge in [-0.05, 0) is 46.9 Å². The van der Waals surface area contributed by atoms with Crippen molar-refractivity contribution >= 4 is 0 Å². The SMILES string of the molecule is CC(C)c1ccc(CC(O)c2cccc(C3CC3)c2)cc1. The van der Waals surface area contributed by atoms with Crippen molar-refractivity contribution in [3.63, 3.8) is 0 Å². The standard InChI is InChI=1S/C20H24O/c1-14(2)16-8-6-15(7-9-16)12-20(21)19-5-3-4-18(13-19)17-10-11-17/h3-9,13-14,17,20-21H,10-12H2,1-2H3. The van der Waals surface area contributed by atoms with Crippen molar-refractivity contribution in [2.75, 3.05) is 0 Å². The molecular weight excluding hydrogens is 256 g/mol. The van der Waals surface area contributed by atoms with E-state index in [1.165, 1.54) is 29.5 Å². The zero-order valence-electron chi connectivity index (χ0n) is 12.9. The van der Waals surface area contributed by atoms with Gasteiger partial charge in [0, 0.05) is 6.42 Å². The highest BCUT2D eigenvalue weighted by Crippen LogP contribution is 2.40. The molecule has 1 fully saturated rings. The lowest BCUT2D eigenvalue weighted by Crippen LogP contribution is -2.02. The maximum Gasteiger partial charge on any atom is 0.0830 e. The maximum atomic E-state index is 10.5. The molecule has 21 heavy (non-hydrogen) atoms. The summed E-state index contributed by atoms with van der Waals surface area (Å²) in [6, 6.07) is 17.1. The molecule has 0 radical (unpaired) electrons. The second-order valence-corrected chi connectivity index (χ2v) is 6.56. The molecule has 0 spiro atoms. The number of benzene rings is 2. The molecule has 110 valence electrons. The Labute approximate surface area is 127 Å². The Hall–Kier alpha value is -1.60. The monoisotopic (exact) mass is 280 g/mol. The van der Waals surface area contributed by atoms with Crippen molar-refractivity contribution in [2.45, 2.75) is 51.0 Å². The molecule has 2 aromatic carbocycles. The summed E-state index contributed by atoms with van der Waals surface area (Å²) in [7, 11) is 0. The van der Waals surface area contributed by atoms with Crippen molar-refractivity contribution < 1.29 is 5.11 Å². The van der Waals surface area contributed by atoms with E-state index in [2.05, 4.69) is 56.3 Å². The van der Waals surface area contributed by atoms with E-state index in [9.17, 15) is 5.11 Å². The molecule has 1 nitrogen and oxygen atoms in total. The average Bonchev–Trinajstić information content (AvgIpc) is 3.32. The largest absolute Gasteiger partial charge is 0.388 e. The number of hydrogen-bond acceptors (Lipinski definition) is 1. The van der Waals surface area contributed by atoms with Gasteiger partial charge < -0.3 is 5.11 Å². The number of hydrogen-bond donors (Lipinski definition) is 1. The third kappa shape index (κ3) is 3.54. The summed E-state index contributed by atoms with van der Waals surface area (Å²) in [4.78, 5) is 0. The lowest BCUT2D eigenvalue weighted by Gasteiger charge is -2.13. The molecule has 0 heterocycles. The molecule has 0 aliphatic heterocycles. The average molecular weight is 280 g/mol. The van der Waals surface area contributed by atoms with Crippen LogP contribution in [0.5, 0.6) is 0 Å². The topological polar surface area (TPSA) is 20.2 Å². The first-order chi connectivity index (χ1) is 10.1. The summed E-state index contributed by atoms with van der Waals surface area (Å²) < 4.78 is 0. The zero-order valence-corrected chi connectivity index (χ0v) is 12.9. The molecule has 1 atom stereocenters. The third-order valence-electron chi connectivity index (χ3n) is 4.42. The first kappa shape index (κ1) is 14.3. The number of rotatable bonds is 5. The van der Waals surface area contributed by atoms with Gasteiger partial charge in [0.2, 0.25) is 0 Å². The Bertz CT molecular complexity index is 593. The van der Waals surface area contributed by atoms with E-state index in [0.29, 0.717) is 12.3 Å². The van der Waals surface area contributed by atoms with Crippen LogP contribution in [0.2, 0.25) is 0 Å². The minimum absolute atomic E-state index is 0.409. The first-order valence-corrected chi connectivity index (χ1v) is 8.00. The van der Waals surface area contributed by atoms with Crippen LogP contribution in [-0.4, -0.2) is 5.11 Å². The molecule has 2 aromatic rings. The van der Waals surface area contributed by atoms with Gasteiger partial charge in [-0.25, -0.2) is 0 Å². The van der Waals surface area contributed by atoms with Gasteiger partial charge in [-0.1, -0.05) is 62.4 Å². The molecule has 1 aliphatic rings. The fraction of sp³-hybridized carbons (Fsp3) is 0.400. The van der Waals surface area contributed by atoms with Crippen molar-refractivity contribution in [1.82, 2.24) is 0 Å². The van der Waals surface area contributed by atoms with Crippen LogP contribution < -0.4 is 0 Å². The Morgan fingerprint density at radius 2 is 1.71 bits per heavy atom. The van der Waals surface area contributed by atoms with Crippen LogP contribution in [0.25, 0.3) is 0 Å². The summed E-state index contributed by atoms with van der Waals surface area (Å²) in [5.74, 6) is 1.29. The summed E-state index contributed by atoms with van der Waals surface area (Å²) in [6.45, 7) is 4.40. The van der Waals surface area contributed by atoms with E-state index in [-0.39, 0.29) is 0 Å². The molecule has 0 aromatic heterocycles. The summed E-state index contributed by atoms with van der Waals surface area (Å²) >= 11 is 0. The Kier molecular flexibility index (Phi) is 4.12. The van der Waals surface area contributed by atoms with Gasteiger partial charge in [0.1, 0.15) is 0 Å². The summed E-state index contributed by atoms with van der Waals surface area (Å²) in [5.41, 5.74) is 4.99. The van der Waals surface area contributed by atoms with Crippen LogP contribution >= 0.6 is 0 Å². The summed E-state index contributed by atoms with van der Waals surface area (Å²) in [6.07, 6.45) is 2.88. The van der Waals surface area contributed by atoms with E-state index in [4.69, 9.17) is 0 Å². The van der Waals surface area contributed by atoms with Gasteiger partial charge in [0.25, 0.3) is 0 Å². The molecule has 1 unspecified atom stereocenters. The Balaban J connectivity index is 1.70. The van der Waals surface area contributed by atoms with E-state index >= 15 is 0 Å². The van der Waals surface area contributed by atoms with Gasteiger partial charge in [-0.2, -0.15) is 0 Å². The molecule has 1 heteroatoms. The van der Waals surface area contributed by atoms with E-state index < -0.39 is 6.10 Å². The number of aliphatic hydroxyl groups excluding tert-OH is 1. The number of aliphatic hydroxyl groups is 1. The highest BCUT2D eigenvalue weighted by Gasteiger charge is 2.24. The maximum absolute atomic E-state index is 10.5. The van der Waals surface area contributed by atoms with E-state index in [0.717, 1.165) is 11.5 Å². The minimum Gasteiger partial charge on any atom is -0.388 e. The third-order valence-corrected chi connectivity index (χ3v) is 4.42. The molecular formula is C20H24O. The molecule has 1 aliphatic carbocycles. The normalized spacial score (nSPS) is 16.2. The lowest BCUT2D eigenvalue weighted by atomic mass is 9.96. The van der Waals surface area contributed by atoms with Crippen LogP contribution in [-0.2, 0) is 6.42 Å². The molecule has 1 saturated carbocycles. The van der Waals surface area contributed by atoms with Gasteiger partial charge in [0.05, 0.1) is 6.10 Å². The van der Waals surface area contributed by atoms with Crippen LogP contribution in [0.1, 0.15) is 66.9 Å². The zero-order chi connectivity index (χ0) is 14.8. The fourth-order valence-corrected chi connectivity index (χ4v) is 2.82. The molecule has 0 saturated heterocycles. The second-order valence-electron chi connectivity index (χ2n) is 6.56. The Morgan fingerprint density at radius 1 is 1.00 bits per heavy atom. The first-order valence-electron chi connectivity index (χ1n) is 8.00. The smallest absolute Gasteiger partial charge is 0.0830 e. The van der Waals surface area contributed by atoms with Crippen molar-refractivity contribution in [3.05, 3.63) is 70.8 Å². The molecule has 0 amide bonds. The molecule has 3 rings (SSSR count). The highest BCUT2D eigenvalue weighted by atomic mass is 16.3. The minimum atomic E-state index is -0.409. The summed E-state index contributed by atoms with van der Waals surface area (Å²) in [5, 5.41) is 10.5. The lowest BCUT2D eigenvalue weighted by molar-refractivity contribution is 0.178. The van der Waals surface area contributed by atoms with E-state index in [1.54, 1.807) is 0 Å². The fourth-order valence-electron chi connectivity index (χ4n) is 2.82. The van der Waals surface area contributed by atoms with Crippen LogP contribution in [0, 0.1) is 0 Å².